The van der Waals surface area contributed by atoms with Crippen molar-refractivity contribution >= 4 is 0 Å². The van der Waals surface area contributed by atoms with Gasteiger partial charge in [-0.2, -0.15) is 13.2 Å². The molecule has 0 aliphatic heterocycles. The Morgan fingerprint density at radius 2 is 1.90 bits per heavy atom. The van der Waals surface area contributed by atoms with Crippen LogP contribution in [0.4, 0.5) is 13.2 Å². The van der Waals surface area contributed by atoms with Gasteiger partial charge in [0.25, 0.3) is 0 Å². The van der Waals surface area contributed by atoms with Crippen LogP contribution in [0.5, 0.6) is 0 Å². The predicted molar refractivity (Wildman–Crippen MR) is 66.3 cm³/mol. The quantitative estimate of drug-likeness (QED) is 0.936. The standard InChI is InChI=1S/C14H14F3NO2/c1-9(7-19)12-8-20-13(18-12)6-10-2-4-11(5-3-10)14(15,16)17/h2-5,8-9,19H,6-7H2,1H3. The maximum atomic E-state index is 12.4. The van der Waals surface area contributed by atoms with Gasteiger partial charge in [-0.15, -0.1) is 0 Å². The predicted octanol–water partition coefficient (Wildman–Crippen LogP) is 3.38. The van der Waals surface area contributed by atoms with Crippen molar-refractivity contribution in [3.8, 4) is 0 Å². The Labute approximate surface area is 114 Å². The summed E-state index contributed by atoms with van der Waals surface area (Å²) in [5.41, 5.74) is 0.640. The molecule has 0 radical (unpaired) electrons. The number of aliphatic hydroxyl groups excluding tert-OH is 1. The fourth-order valence-corrected chi connectivity index (χ4v) is 1.71. The molecular weight excluding hydrogens is 271 g/mol. The minimum absolute atomic E-state index is 0.0355. The van der Waals surface area contributed by atoms with E-state index in [0.717, 1.165) is 12.1 Å². The molecule has 1 unspecified atom stereocenters. The van der Waals surface area contributed by atoms with Crippen molar-refractivity contribution < 1.29 is 22.7 Å². The molecule has 0 spiro atoms. The molecule has 1 aromatic heterocycles. The Balaban J connectivity index is 2.08. The lowest BCUT2D eigenvalue weighted by atomic mass is 10.1. The Bertz CT molecular complexity index is 561. The molecule has 1 aromatic carbocycles. The first-order valence-electron chi connectivity index (χ1n) is 6.11. The fourth-order valence-electron chi connectivity index (χ4n) is 1.71. The van der Waals surface area contributed by atoms with Crippen LogP contribution < -0.4 is 0 Å². The molecule has 108 valence electrons. The second-order valence-corrected chi connectivity index (χ2v) is 4.62. The SMILES string of the molecule is CC(CO)c1coc(Cc2ccc(C(F)(F)F)cc2)n1. The van der Waals surface area contributed by atoms with Crippen molar-refractivity contribution in [2.24, 2.45) is 0 Å². The third kappa shape index (κ3) is 3.39. The van der Waals surface area contributed by atoms with Crippen LogP contribution in [0.15, 0.2) is 34.9 Å². The van der Waals surface area contributed by atoms with E-state index in [1.54, 1.807) is 6.92 Å². The van der Waals surface area contributed by atoms with E-state index in [9.17, 15) is 13.2 Å². The summed E-state index contributed by atoms with van der Waals surface area (Å²) in [6, 6.07) is 4.88. The third-order valence-electron chi connectivity index (χ3n) is 2.98. The lowest BCUT2D eigenvalue weighted by Gasteiger charge is -2.06. The molecule has 1 heterocycles. The van der Waals surface area contributed by atoms with Crippen molar-refractivity contribution in [1.82, 2.24) is 4.98 Å². The van der Waals surface area contributed by atoms with E-state index in [-0.39, 0.29) is 12.5 Å². The summed E-state index contributed by atoms with van der Waals surface area (Å²) in [7, 11) is 0. The molecular formula is C14H14F3NO2. The Morgan fingerprint density at radius 3 is 2.45 bits per heavy atom. The van der Waals surface area contributed by atoms with Crippen LogP contribution in [0.2, 0.25) is 0 Å². The molecule has 20 heavy (non-hydrogen) atoms. The van der Waals surface area contributed by atoms with Crippen molar-refractivity contribution in [2.75, 3.05) is 6.61 Å². The number of hydrogen-bond acceptors (Lipinski definition) is 3. The summed E-state index contributed by atoms with van der Waals surface area (Å²) >= 11 is 0. The molecule has 1 atom stereocenters. The normalized spacial score (nSPS) is 13.4. The Kier molecular flexibility index (Phi) is 4.13. The van der Waals surface area contributed by atoms with Crippen molar-refractivity contribution in [2.45, 2.75) is 25.4 Å². The van der Waals surface area contributed by atoms with Gasteiger partial charge in [-0.1, -0.05) is 19.1 Å². The van der Waals surface area contributed by atoms with Crippen LogP contribution in [0.1, 0.15) is 35.6 Å². The highest BCUT2D eigenvalue weighted by atomic mass is 19.4. The van der Waals surface area contributed by atoms with Crippen LogP contribution in [0.3, 0.4) is 0 Å². The number of hydrogen-bond donors (Lipinski definition) is 1. The van der Waals surface area contributed by atoms with Gasteiger partial charge < -0.3 is 9.52 Å². The van der Waals surface area contributed by atoms with E-state index in [0.29, 0.717) is 23.6 Å². The molecule has 2 aromatic rings. The van der Waals surface area contributed by atoms with Gasteiger partial charge >= 0.3 is 6.18 Å². The van der Waals surface area contributed by atoms with Crippen LogP contribution in [0.25, 0.3) is 0 Å². The van der Waals surface area contributed by atoms with E-state index in [1.165, 1.54) is 18.4 Å². The molecule has 0 saturated carbocycles. The van der Waals surface area contributed by atoms with Crippen molar-refractivity contribution in [1.29, 1.82) is 0 Å². The molecule has 1 N–H and O–H groups in total. The van der Waals surface area contributed by atoms with Gasteiger partial charge in [-0.3, -0.25) is 0 Å². The molecule has 0 fully saturated rings. The minimum atomic E-state index is -4.33. The van der Waals surface area contributed by atoms with Gasteiger partial charge in [0.2, 0.25) is 0 Å². The number of aliphatic hydroxyl groups is 1. The molecule has 6 heteroatoms. The molecule has 0 amide bonds. The number of benzene rings is 1. The summed E-state index contributed by atoms with van der Waals surface area (Å²) in [4.78, 5) is 4.20. The van der Waals surface area contributed by atoms with Crippen molar-refractivity contribution in [3.63, 3.8) is 0 Å². The Hall–Kier alpha value is -1.82. The molecule has 3 nitrogen and oxygen atoms in total. The summed E-state index contributed by atoms with van der Waals surface area (Å²) in [5, 5.41) is 9.01. The Morgan fingerprint density at radius 1 is 1.25 bits per heavy atom. The first-order chi connectivity index (χ1) is 9.40. The highest BCUT2D eigenvalue weighted by molar-refractivity contribution is 5.26. The zero-order valence-corrected chi connectivity index (χ0v) is 10.8. The van der Waals surface area contributed by atoms with Crippen LogP contribution in [0, 0.1) is 0 Å². The molecule has 0 aliphatic carbocycles. The highest BCUT2D eigenvalue weighted by Crippen LogP contribution is 2.29. The summed E-state index contributed by atoms with van der Waals surface area (Å²) in [6.07, 6.45) is -2.55. The lowest BCUT2D eigenvalue weighted by Crippen LogP contribution is -2.04. The first kappa shape index (κ1) is 14.6. The number of alkyl halides is 3. The number of oxazole rings is 1. The van der Waals surface area contributed by atoms with Crippen LogP contribution in [-0.2, 0) is 12.6 Å². The van der Waals surface area contributed by atoms with E-state index >= 15 is 0 Å². The van der Waals surface area contributed by atoms with E-state index in [2.05, 4.69) is 4.98 Å². The maximum Gasteiger partial charge on any atom is 0.416 e. The summed E-state index contributed by atoms with van der Waals surface area (Å²) < 4.78 is 42.5. The van der Waals surface area contributed by atoms with E-state index < -0.39 is 11.7 Å². The van der Waals surface area contributed by atoms with Gasteiger partial charge in [0.05, 0.1) is 17.9 Å². The number of halogens is 3. The van der Waals surface area contributed by atoms with Gasteiger partial charge in [-0.05, 0) is 17.7 Å². The monoisotopic (exact) mass is 285 g/mol. The lowest BCUT2D eigenvalue weighted by molar-refractivity contribution is -0.137. The van der Waals surface area contributed by atoms with Crippen molar-refractivity contribution in [3.05, 3.63) is 53.2 Å². The zero-order chi connectivity index (χ0) is 14.8. The largest absolute Gasteiger partial charge is 0.448 e. The summed E-state index contributed by atoms with van der Waals surface area (Å²) in [6.45, 7) is 1.77. The topological polar surface area (TPSA) is 46.3 Å². The fraction of sp³-hybridized carbons (Fsp3) is 0.357. The molecule has 0 saturated heterocycles. The number of nitrogens with zero attached hydrogens (tertiary/aromatic N) is 1. The molecule has 0 bridgehead atoms. The maximum absolute atomic E-state index is 12.4. The molecule has 2 rings (SSSR count). The zero-order valence-electron chi connectivity index (χ0n) is 10.8. The van der Waals surface area contributed by atoms with E-state index in [1.807, 2.05) is 0 Å². The van der Waals surface area contributed by atoms with Gasteiger partial charge in [0.15, 0.2) is 5.89 Å². The van der Waals surface area contributed by atoms with Crippen LogP contribution in [-0.4, -0.2) is 16.7 Å². The van der Waals surface area contributed by atoms with Gasteiger partial charge in [0.1, 0.15) is 6.26 Å². The second-order valence-electron chi connectivity index (χ2n) is 4.62. The number of rotatable bonds is 4. The van der Waals surface area contributed by atoms with Crippen LogP contribution >= 0.6 is 0 Å². The minimum Gasteiger partial charge on any atom is -0.448 e. The summed E-state index contributed by atoms with van der Waals surface area (Å²) in [5.74, 6) is 0.292. The van der Waals surface area contributed by atoms with E-state index in [4.69, 9.17) is 9.52 Å². The third-order valence-corrected chi connectivity index (χ3v) is 2.98. The average Bonchev–Trinajstić information content (AvgIpc) is 2.86. The number of aromatic nitrogens is 1. The smallest absolute Gasteiger partial charge is 0.416 e. The first-order valence-corrected chi connectivity index (χ1v) is 6.11. The average molecular weight is 285 g/mol. The second kappa shape index (κ2) is 5.66. The highest BCUT2D eigenvalue weighted by Gasteiger charge is 2.29. The van der Waals surface area contributed by atoms with Gasteiger partial charge in [-0.25, -0.2) is 4.98 Å². The molecule has 0 aliphatic rings. The van der Waals surface area contributed by atoms with Gasteiger partial charge in [0, 0.05) is 12.3 Å².